The molecule has 1 fully saturated rings. The maximum absolute atomic E-state index is 10.1. The van der Waals surface area contributed by atoms with Crippen molar-refractivity contribution >= 4 is 11.5 Å². The standard InChI is InChI=1S/C11H17N3O/c12-10-4-3-9(7-13-10)14-8-11(15)5-1-2-6-11/h3-4,7,14-15H,1-2,5-6,8H2,(H2,12,13). The molecule has 82 valence electrons. The van der Waals surface area contributed by atoms with Gasteiger partial charge in [-0.05, 0) is 25.0 Å². The van der Waals surface area contributed by atoms with E-state index in [1.807, 2.05) is 6.07 Å². The molecule has 0 radical (unpaired) electrons. The summed E-state index contributed by atoms with van der Waals surface area (Å²) in [6.07, 6.45) is 5.72. The first kappa shape index (κ1) is 10.2. The number of hydrogen-bond donors (Lipinski definition) is 3. The number of anilines is 2. The van der Waals surface area contributed by atoms with Gasteiger partial charge in [0.1, 0.15) is 5.82 Å². The number of pyridine rings is 1. The molecule has 1 heterocycles. The van der Waals surface area contributed by atoms with Crippen molar-refractivity contribution in [3.05, 3.63) is 18.3 Å². The molecule has 0 saturated heterocycles. The molecule has 1 aliphatic carbocycles. The summed E-state index contributed by atoms with van der Waals surface area (Å²) < 4.78 is 0. The molecule has 4 nitrogen and oxygen atoms in total. The van der Waals surface area contributed by atoms with Gasteiger partial charge in [0, 0.05) is 6.54 Å². The van der Waals surface area contributed by atoms with Gasteiger partial charge in [0.15, 0.2) is 0 Å². The Hall–Kier alpha value is -1.29. The summed E-state index contributed by atoms with van der Waals surface area (Å²) in [7, 11) is 0. The summed E-state index contributed by atoms with van der Waals surface area (Å²) in [6, 6.07) is 3.63. The van der Waals surface area contributed by atoms with E-state index in [2.05, 4.69) is 10.3 Å². The van der Waals surface area contributed by atoms with Crippen molar-refractivity contribution in [1.29, 1.82) is 0 Å². The molecule has 0 bridgehead atoms. The number of hydrogen-bond acceptors (Lipinski definition) is 4. The molecule has 0 amide bonds. The second-order valence-electron chi connectivity index (χ2n) is 4.26. The van der Waals surface area contributed by atoms with Crippen LogP contribution in [0.1, 0.15) is 25.7 Å². The molecule has 1 saturated carbocycles. The Morgan fingerprint density at radius 1 is 1.40 bits per heavy atom. The zero-order chi connectivity index (χ0) is 10.7. The molecule has 1 aliphatic rings. The van der Waals surface area contributed by atoms with E-state index in [4.69, 9.17) is 5.73 Å². The molecular weight excluding hydrogens is 190 g/mol. The van der Waals surface area contributed by atoms with Crippen LogP contribution in [0.25, 0.3) is 0 Å². The Balaban J connectivity index is 1.90. The third kappa shape index (κ3) is 2.59. The molecule has 0 spiro atoms. The lowest BCUT2D eigenvalue weighted by Crippen LogP contribution is -2.33. The lowest BCUT2D eigenvalue weighted by Gasteiger charge is -2.22. The highest BCUT2D eigenvalue weighted by molar-refractivity contribution is 5.45. The van der Waals surface area contributed by atoms with Gasteiger partial charge in [-0.2, -0.15) is 0 Å². The summed E-state index contributed by atoms with van der Waals surface area (Å²) in [5.41, 5.74) is 5.86. The topological polar surface area (TPSA) is 71.2 Å². The summed E-state index contributed by atoms with van der Waals surface area (Å²) in [6.45, 7) is 0.596. The van der Waals surface area contributed by atoms with Crippen LogP contribution in [-0.4, -0.2) is 22.2 Å². The van der Waals surface area contributed by atoms with E-state index in [9.17, 15) is 5.11 Å². The Labute approximate surface area is 89.5 Å². The van der Waals surface area contributed by atoms with Crippen molar-refractivity contribution in [3.63, 3.8) is 0 Å². The highest BCUT2D eigenvalue weighted by Crippen LogP contribution is 2.29. The van der Waals surface area contributed by atoms with Crippen LogP contribution in [0.3, 0.4) is 0 Å². The molecule has 0 unspecified atom stereocenters. The third-order valence-corrected chi connectivity index (χ3v) is 2.94. The smallest absolute Gasteiger partial charge is 0.123 e. The van der Waals surface area contributed by atoms with E-state index < -0.39 is 5.60 Å². The molecular formula is C11H17N3O. The lowest BCUT2D eigenvalue weighted by molar-refractivity contribution is 0.0615. The zero-order valence-electron chi connectivity index (χ0n) is 8.74. The van der Waals surface area contributed by atoms with Crippen LogP contribution in [-0.2, 0) is 0 Å². The van der Waals surface area contributed by atoms with Crippen molar-refractivity contribution in [2.75, 3.05) is 17.6 Å². The van der Waals surface area contributed by atoms with Gasteiger partial charge in [-0.1, -0.05) is 12.8 Å². The predicted octanol–water partition coefficient (Wildman–Crippen LogP) is 1.38. The lowest BCUT2D eigenvalue weighted by atomic mass is 10.0. The van der Waals surface area contributed by atoms with Gasteiger partial charge in [0.2, 0.25) is 0 Å². The van der Waals surface area contributed by atoms with Gasteiger partial charge in [-0.25, -0.2) is 4.98 Å². The summed E-state index contributed by atoms with van der Waals surface area (Å²) >= 11 is 0. The molecule has 0 atom stereocenters. The van der Waals surface area contributed by atoms with Gasteiger partial charge >= 0.3 is 0 Å². The molecule has 4 heteroatoms. The van der Waals surface area contributed by atoms with Crippen molar-refractivity contribution < 1.29 is 5.11 Å². The number of aromatic nitrogens is 1. The second kappa shape index (κ2) is 4.06. The van der Waals surface area contributed by atoms with Crippen LogP contribution >= 0.6 is 0 Å². The van der Waals surface area contributed by atoms with Crippen molar-refractivity contribution in [3.8, 4) is 0 Å². The number of nitrogen functional groups attached to an aromatic ring is 1. The van der Waals surface area contributed by atoms with Crippen LogP contribution < -0.4 is 11.1 Å². The average molecular weight is 207 g/mol. The minimum Gasteiger partial charge on any atom is -0.388 e. The third-order valence-electron chi connectivity index (χ3n) is 2.94. The quantitative estimate of drug-likeness (QED) is 0.700. The number of aliphatic hydroxyl groups is 1. The van der Waals surface area contributed by atoms with E-state index in [0.29, 0.717) is 12.4 Å². The predicted molar refractivity (Wildman–Crippen MR) is 60.6 cm³/mol. The molecule has 2 rings (SSSR count). The van der Waals surface area contributed by atoms with E-state index >= 15 is 0 Å². The fourth-order valence-electron chi connectivity index (χ4n) is 1.99. The largest absolute Gasteiger partial charge is 0.388 e. The highest BCUT2D eigenvalue weighted by atomic mass is 16.3. The monoisotopic (exact) mass is 207 g/mol. The average Bonchev–Trinajstić information content (AvgIpc) is 2.65. The zero-order valence-corrected chi connectivity index (χ0v) is 8.74. The fraction of sp³-hybridized carbons (Fsp3) is 0.545. The Kier molecular flexibility index (Phi) is 2.77. The van der Waals surface area contributed by atoms with Crippen LogP contribution in [0.2, 0.25) is 0 Å². The Morgan fingerprint density at radius 3 is 2.73 bits per heavy atom. The maximum Gasteiger partial charge on any atom is 0.123 e. The van der Waals surface area contributed by atoms with Crippen LogP contribution in [0.15, 0.2) is 18.3 Å². The minimum atomic E-state index is -0.526. The number of nitrogens with one attached hydrogen (secondary N) is 1. The molecule has 1 aromatic heterocycles. The minimum absolute atomic E-state index is 0.514. The Bertz CT molecular complexity index is 317. The van der Waals surface area contributed by atoms with Gasteiger partial charge in [-0.3, -0.25) is 0 Å². The summed E-state index contributed by atoms with van der Waals surface area (Å²) in [4.78, 5) is 3.98. The first-order chi connectivity index (χ1) is 7.18. The van der Waals surface area contributed by atoms with E-state index in [1.54, 1.807) is 12.3 Å². The molecule has 0 aromatic carbocycles. The fourth-order valence-corrected chi connectivity index (χ4v) is 1.99. The first-order valence-corrected chi connectivity index (χ1v) is 5.36. The second-order valence-corrected chi connectivity index (χ2v) is 4.26. The van der Waals surface area contributed by atoms with Crippen LogP contribution in [0, 0.1) is 0 Å². The van der Waals surface area contributed by atoms with Crippen LogP contribution in [0.5, 0.6) is 0 Å². The molecule has 15 heavy (non-hydrogen) atoms. The van der Waals surface area contributed by atoms with Gasteiger partial charge in [-0.15, -0.1) is 0 Å². The van der Waals surface area contributed by atoms with Crippen molar-refractivity contribution in [2.24, 2.45) is 0 Å². The van der Waals surface area contributed by atoms with Gasteiger partial charge in [0.05, 0.1) is 17.5 Å². The van der Waals surface area contributed by atoms with Gasteiger partial charge in [0.25, 0.3) is 0 Å². The normalized spacial score (nSPS) is 19.0. The molecule has 4 N–H and O–H groups in total. The first-order valence-electron chi connectivity index (χ1n) is 5.36. The highest BCUT2D eigenvalue weighted by Gasteiger charge is 2.30. The summed E-state index contributed by atoms with van der Waals surface area (Å²) in [5.74, 6) is 0.514. The number of nitrogens with two attached hydrogens (primary N) is 1. The number of nitrogens with zero attached hydrogens (tertiary/aromatic N) is 1. The number of rotatable bonds is 3. The van der Waals surface area contributed by atoms with Crippen molar-refractivity contribution in [2.45, 2.75) is 31.3 Å². The van der Waals surface area contributed by atoms with E-state index in [1.165, 1.54) is 0 Å². The van der Waals surface area contributed by atoms with Gasteiger partial charge < -0.3 is 16.2 Å². The Morgan fingerprint density at radius 2 is 2.13 bits per heavy atom. The van der Waals surface area contributed by atoms with Crippen molar-refractivity contribution in [1.82, 2.24) is 4.98 Å². The van der Waals surface area contributed by atoms with E-state index in [-0.39, 0.29) is 0 Å². The SMILES string of the molecule is Nc1ccc(NCC2(O)CCCC2)cn1. The molecule has 1 aromatic rings. The maximum atomic E-state index is 10.1. The van der Waals surface area contributed by atoms with Crippen LogP contribution in [0.4, 0.5) is 11.5 Å². The summed E-state index contributed by atoms with van der Waals surface area (Å²) in [5, 5.41) is 13.3. The van der Waals surface area contributed by atoms with E-state index in [0.717, 1.165) is 31.4 Å². The molecule has 0 aliphatic heterocycles.